The van der Waals surface area contributed by atoms with Gasteiger partial charge in [0.15, 0.2) is 5.82 Å². The van der Waals surface area contributed by atoms with E-state index in [1.54, 1.807) is 6.07 Å². The summed E-state index contributed by atoms with van der Waals surface area (Å²) in [5.41, 5.74) is 0.501. The van der Waals surface area contributed by atoms with E-state index in [9.17, 15) is 18.0 Å². The third-order valence-electron chi connectivity index (χ3n) is 3.42. The number of ether oxygens (including phenoxy) is 1. The average molecular weight is 431 g/mol. The molecule has 0 aliphatic carbocycles. The molecule has 3 rings (SSSR count). The number of anilines is 1. The normalized spacial score (nSPS) is 11.3. The van der Waals surface area contributed by atoms with Crippen LogP contribution in [-0.4, -0.2) is 27.0 Å². The number of carbonyl (C=O) groups is 1. The number of hydrogen-bond donors (Lipinski definition) is 1. The predicted octanol–water partition coefficient (Wildman–Crippen LogP) is 4.65. The Kier molecular flexibility index (Phi) is 5.76. The Morgan fingerprint density at radius 3 is 2.54 bits per heavy atom. The second kappa shape index (κ2) is 8.07. The van der Waals surface area contributed by atoms with Crippen LogP contribution in [0, 0.1) is 0 Å². The highest BCUT2D eigenvalue weighted by Gasteiger charge is 2.30. The number of rotatable bonds is 5. The van der Waals surface area contributed by atoms with Crippen molar-refractivity contribution in [3.8, 4) is 11.6 Å². The Morgan fingerprint density at radius 2 is 1.89 bits per heavy atom. The summed E-state index contributed by atoms with van der Waals surface area (Å²) < 4.78 is 41.6. The summed E-state index contributed by atoms with van der Waals surface area (Å²) in [6, 6.07) is 8.05. The second-order valence-corrected chi connectivity index (χ2v) is 6.35. The molecule has 1 N–H and O–H groups in total. The molecule has 3 aromatic rings. The number of aromatic nitrogens is 3. The summed E-state index contributed by atoms with van der Waals surface area (Å²) >= 11 is 11.9. The number of halogens is 5. The molecule has 0 unspecified atom stereocenters. The highest BCUT2D eigenvalue weighted by Crippen LogP contribution is 2.25. The van der Waals surface area contributed by atoms with Gasteiger partial charge in [-0.15, -0.1) is 13.2 Å². The smallest absolute Gasteiger partial charge is 0.406 e. The van der Waals surface area contributed by atoms with Gasteiger partial charge in [0.25, 0.3) is 0 Å². The zero-order valence-corrected chi connectivity index (χ0v) is 15.4. The molecule has 6 nitrogen and oxygen atoms in total. The van der Waals surface area contributed by atoms with Crippen molar-refractivity contribution in [1.29, 1.82) is 0 Å². The van der Waals surface area contributed by atoms with Crippen LogP contribution in [0.25, 0.3) is 5.82 Å². The lowest BCUT2D eigenvalue weighted by molar-refractivity contribution is -0.274. The maximum atomic E-state index is 12.3. The summed E-state index contributed by atoms with van der Waals surface area (Å²) in [6.07, 6.45) is -2.00. The van der Waals surface area contributed by atoms with Gasteiger partial charge in [-0.1, -0.05) is 35.3 Å². The number of pyridine rings is 1. The Bertz CT molecular complexity index is 991. The van der Waals surface area contributed by atoms with Crippen molar-refractivity contribution in [3.63, 3.8) is 0 Å². The first kappa shape index (κ1) is 20.0. The number of alkyl halides is 3. The topological polar surface area (TPSA) is 69.0 Å². The number of amides is 1. The minimum absolute atomic E-state index is 0.0702. The Balaban J connectivity index is 1.68. The van der Waals surface area contributed by atoms with Crippen molar-refractivity contribution < 1.29 is 22.7 Å². The largest absolute Gasteiger partial charge is 0.573 e. The molecular formula is C17H11Cl2F3N4O2. The molecule has 2 aromatic heterocycles. The molecular weight excluding hydrogens is 420 g/mol. The molecule has 0 fully saturated rings. The van der Waals surface area contributed by atoms with E-state index in [1.807, 2.05) is 0 Å². The fourth-order valence-corrected chi connectivity index (χ4v) is 2.77. The minimum Gasteiger partial charge on any atom is -0.406 e. The number of hydrogen-bond acceptors (Lipinski definition) is 4. The Morgan fingerprint density at radius 1 is 1.18 bits per heavy atom. The van der Waals surface area contributed by atoms with Crippen molar-refractivity contribution in [2.45, 2.75) is 12.8 Å². The molecule has 11 heteroatoms. The third kappa shape index (κ3) is 5.14. The summed E-state index contributed by atoms with van der Waals surface area (Å²) in [7, 11) is 0. The Hall–Kier alpha value is -2.78. The van der Waals surface area contributed by atoms with Crippen molar-refractivity contribution >= 4 is 34.9 Å². The molecule has 0 aliphatic rings. The zero-order valence-electron chi connectivity index (χ0n) is 13.9. The molecule has 0 bridgehead atoms. The van der Waals surface area contributed by atoms with E-state index in [2.05, 4.69) is 20.1 Å². The van der Waals surface area contributed by atoms with E-state index >= 15 is 0 Å². The SMILES string of the molecule is O=C(Cc1ccc(OC(F)(F)F)cc1)Nc1ccnn1-c1ncc(Cl)cc1Cl. The summed E-state index contributed by atoms with van der Waals surface area (Å²) in [5.74, 6) is -0.173. The van der Waals surface area contributed by atoms with Crippen molar-refractivity contribution in [3.05, 3.63) is 64.4 Å². The summed E-state index contributed by atoms with van der Waals surface area (Å²) in [5, 5.41) is 7.32. The van der Waals surface area contributed by atoms with E-state index in [-0.39, 0.29) is 23.0 Å². The van der Waals surface area contributed by atoms with Gasteiger partial charge in [-0.2, -0.15) is 9.78 Å². The van der Waals surface area contributed by atoms with Gasteiger partial charge in [-0.3, -0.25) is 4.79 Å². The Labute approximate surface area is 166 Å². The highest BCUT2D eigenvalue weighted by molar-refractivity contribution is 6.35. The molecule has 0 saturated carbocycles. The van der Waals surface area contributed by atoms with E-state index in [4.69, 9.17) is 23.2 Å². The molecule has 0 radical (unpaired) electrons. The number of nitrogens with zero attached hydrogens (tertiary/aromatic N) is 3. The molecule has 28 heavy (non-hydrogen) atoms. The zero-order chi connectivity index (χ0) is 20.3. The predicted molar refractivity (Wildman–Crippen MR) is 96.8 cm³/mol. The molecule has 1 amide bonds. The van der Waals surface area contributed by atoms with Gasteiger partial charge in [0.05, 0.1) is 22.7 Å². The van der Waals surface area contributed by atoms with Crippen LogP contribution < -0.4 is 10.1 Å². The molecule has 0 atom stereocenters. The minimum atomic E-state index is -4.77. The third-order valence-corrected chi connectivity index (χ3v) is 3.91. The number of benzene rings is 1. The lowest BCUT2D eigenvalue weighted by atomic mass is 10.1. The van der Waals surface area contributed by atoms with Gasteiger partial charge < -0.3 is 10.1 Å². The molecule has 1 aromatic carbocycles. The van der Waals surface area contributed by atoms with Gasteiger partial charge in [0.2, 0.25) is 5.91 Å². The van der Waals surface area contributed by atoms with Crippen molar-refractivity contribution in [2.24, 2.45) is 0 Å². The van der Waals surface area contributed by atoms with Gasteiger partial charge in [-0.05, 0) is 23.8 Å². The van der Waals surface area contributed by atoms with Crippen LogP contribution in [-0.2, 0) is 11.2 Å². The molecule has 2 heterocycles. The van der Waals surface area contributed by atoms with Crippen LogP contribution in [0.3, 0.4) is 0 Å². The number of carbonyl (C=O) groups excluding carboxylic acids is 1. The second-order valence-electron chi connectivity index (χ2n) is 5.50. The first-order chi connectivity index (χ1) is 13.2. The fraction of sp³-hybridized carbons (Fsp3) is 0.118. The monoisotopic (exact) mass is 430 g/mol. The summed E-state index contributed by atoms with van der Waals surface area (Å²) in [6.45, 7) is 0. The van der Waals surface area contributed by atoms with Gasteiger partial charge in [0.1, 0.15) is 11.6 Å². The molecule has 0 aliphatic heterocycles. The van der Waals surface area contributed by atoms with Crippen LogP contribution in [0.4, 0.5) is 19.0 Å². The van der Waals surface area contributed by atoms with Crippen LogP contribution in [0.5, 0.6) is 5.75 Å². The van der Waals surface area contributed by atoms with Gasteiger partial charge >= 0.3 is 6.36 Å². The number of nitrogens with one attached hydrogen (secondary N) is 1. The quantitative estimate of drug-likeness (QED) is 0.639. The van der Waals surface area contributed by atoms with Crippen LogP contribution in [0.2, 0.25) is 10.0 Å². The van der Waals surface area contributed by atoms with Crippen LogP contribution >= 0.6 is 23.2 Å². The van der Waals surface area contributed by atoms with Crippen molar-refractivity contribution in [1.82, 2.24) is 14.8 Å². The summed E-state index contributed by atoms with van der Waals surface area (Å²) in [4.78, 5) is 16.4. The van der Waals surface area contributed by atoms with E-state index < -0.39 is 12.3 Å². The van der Waals surface area contributed by atoms with Gasteiger partial charge in [-0.25, -0.2) is 4.98 Å². The van der Waals surface area contributed by atoms with E-state index in [0.29, 0.717) is 16.4 Å². The van der Waals surface area contributed by atoms with Crippen LogP contribution in [0.1, 0.15) is 5.56 Å². The average Bonchev–Trinajstić information content (AvgIpc) is 3.03. The maximum Gasteiger partial charge on any atom is 0.573 e. The van der Waals surface area contributed by atoms with E-state index in [0.717, 1.165) is 12.1 Å². The molecule has 146 valence electrons. The highest BCUT2D eigenvalue weighted by atomic mass is 35.5. The molecule has 0 spiro atoms. The van der Waals surface area contributed by atoms with Gasteiger partial charge in [0, 0.05) is 12.3 Å². The first-order valence-corrected chi connectivity index (χ1v) is 8.47. The van der Waals surface area contributed by atoms with Crippen LogP contribution in [0.15, 0.2) is 48.8 Å². The molecule has 0 saturated heterocycles. The fourth-order valence-electron chi connectivity index (χ4n) is 2.31. The maximum absolute atomic E-state index is 12.3. The van der Waals surface area contributed by atoms with E-state index in [1.165, 1.54) is 35.3 Å². The first-order valence-electron chi connectivity index (χ1n) is 7.71. The standard InChI is InChI=1S/C17H11Cl2F3N4O2/c18-11-8-13(19)16(23-9-11)26-14(5-6-24-26)25-15(27)7-10-1-3-12(4-2-10)28-17(20,21)22/h1-6,8-9H,7H2,(H,25,27). The lowest BCUT2D eigenvalue weighted by Gasteiger charge is -2.11. The van der Waals surface area contributed by atoms with Crippen molar-refractivity contribution in [2.75, 3.05) is 5.32 Å². The lowest BCUT2D eigenvalue weighted by Crippen LogP contribution is -2.18.